The zero-order valence-corrected chi connectivity index (χ0v) is 13.6. The highest BCUT2D eigenvalue weighted by Crippen LogP contribution is 2.30. The number of H-pyrrole nitrogens is 1. The van der Waals surface area contributed by atoms with E-state index >= 15 is 0 Å². The molecule has 0 bridgehead atoms. The second-order valence-corrected chi connectivity index (χ2v) is 6.63. The van der Waals surface area contributed by atoms with Crippen LogP contribution in [0, 0.1) is 0 Å². The van der Waals surface area contributed by atoms with Gasteiger partial charge in [-0.3, -0.25) is 4.72 Å². The average molecular weight is 344 g/mol. The lowest BCUT2D eigenvalue weighted by Gasteiger charge is -2.08. The van der Waals surface area contributed by atoms with E-state index in [-0.39, 0.29) is 0 Å². The van der Waals surface area contributed by atoms with Crippen LogP contribution in [0.2, 0.25) is 0 Å². The number of nitrogens with zero attached hydrogens (tertiary/aromatic N) is 2. The molecule has 0 aliphatic carbocycles. The van der Waals surface area contributed by atoms with Gasteiger partial charge in [-0.15, -0.1) is 0 Å². The summed E-state index contributed by atoms with van der Waals surface area (Å²) in [5, 5.41) is 1.32. The predicted molar refractivity (Wildman–Crippen MR) is 92.3 cm³/mol. The highest BCUT2D eigenvalue weighted by molar-refractivity contribution is 7.95. The molecule has 1 aromatic carbocycles. The largest absolute Gasteiger partial charge is 0.477 e. The summed E-state index contributed by atoms with van der Waals surface area (Å²) in [6, 6.07) is 9.91. The average Bonchev–Trinajstić information content (AvgIpc) is 2.99. The van der Waals surface area contributed by atoms with Gasteiger partial charge in [0.05, 0.1) is 12.3 Å². The fourth-order valence-electron chi connectivity index (χ4n) is 2.23. The van der Waals surface area contributed by atoms with Crippen LogP contribution in [0.5, 0.6) is 5.88 Å². The van der Waals surface area contributed by atoms with Crippen molar-refractivity contribution in [3.05, 3.63) is 60.4 Å². The molecule has 0 amide bonds. The third-order valence-corrected chi connectivity index (χ3v) is 4.32. The van der Waals surface area contributed by atoms with Gasteiger partial charge in [-0.05, 0) is 5.56 Å². The first-order valence-electron chi connectivity index (χ1n) is 7.23. The molecule has 8 heteroatoms. The molecule has 0 spiro atoms. The van der Waals surface area contributed by atoms with Gasteiger partial charge in [-0.2, -0.15) is 0 Å². The Morgan fingerprint density at radius 1 is 1.25 bits per heavy atom. The molecular weight excluding hydrogens is 328 g/mol. The Balaban J connectivity index is 1.82. The molecule has 0 saturated heterocycles. The van der Waals surface area contributed by atoms with E-state index in [4.69, 9.17) is 4.74 Å². The van der Waals surface area contributed by atoms with Crippen molar-refractivity contribution in [3.63, 3.8) is 0 Å². The molecule has 124 valence electrons. The monoisotopic (exact) mass is 344 g/mol. The van der Waals surface area contributed by atoms with Crippen LogP contribution < -0.4 is 9.46 Å². The molecule has 0 atom stereocenters. The number of hydrogen-bond donors (Lipinski definition) is 2. The third-order valence-electron chi connectivity index (χ3n) is 3.38. The van der Waals surface area contributed by atoms with Crippen molar-refractivity contribution in [2.45, 2.75) is 6.42 Å². The molecule has 0 aliphatic heterocycles. The normalized spacial score (nSPS) is 11.3. The van der Waals surface area contributed by atoms with Crippen LogP contribution in [0.3, 0.4) is 0 Å². The molecule has 24 heavy (non-hydrogen) atoms. The summed E-state index contributed by atoms with van der Waals surface area (Å²) in [6.07, 6.45) is 3.58. The lowest BCUT2D eigenvalue weighted by molar-refractivity contribution is 0.313. The maximum Gasteiger partial charge on any atom is 0.254 e. The van der Waals surface area contributed by atoms with E-state index in [1.165, 1.54) is 12.5 Å². The number of benzene rings is 1. The fraction of sp³-hybridized carbons (Fsp3) is 0.125. The summed E-state index contributed by atoms with van der Waals surface area (Å²) in [4.78, 5) is 11.1. The van der Waals surface area contributed by atoms with E-state index in [1.807, 2.05) is 30.3 Å². The van der Waals surface area contributed by atoms with Crippen molar-refractivity contribution in [2.24, 2.45) is 0 Å². The van der Waals surface area contributed by atoms with Gasteiger partial charge in [0.2, 0.25) is 5.88 Å². The summed E-state index contributed by atoms with van der Waals surface area (Å²) in [7, 11) is -3.63. The zero-order valence-electron chi connectivity index (χ0n) is 12.8. The Labute approximate surface area is 139 Å². The molecule has 0 fully saturated rings. The van der Waals surface area contributed by atoms with Crippen LogP contribution >= 0.6 is 0 Å². The first-order valence-corrected chi connectivity index (χ1v) is 8.78. The van der Waals surface area contributed by atoms with Crippen LogP contribution in [0.15, 0.2) is 54.8 Å². The van der Waals surface area contributed by atoms with Gasteiger partial charge < -0.3 is 9.72 Å². The van der Waals surface area contributed by atoms with E-state index in [2.05, 4.69) is 26.3 Å². The minimum absolute atomic E-state index is 0.318. The first-order chi connectivity index (χ1) is 11.6. The van der Waals surface area contributed by atoms with Crippen molar-refractivity contribution in [2.75, 3.05) is 11.3 Å². The van der Waals surface area contributed by atoms with Gasteiger partial charge in [0, 0.05) is 18.0 Å². The molecule has 2 aromatic heterocycles. The van der Waals surface area contributed by atoms with Gasteiger partial charge in [0.1, 0.15) is 17.4 Å². The van der Waals surface area contributed by atoms with Crippen molar-refractivity contribution in [3.8, 4) is 5.88 Å². The van der Waals surface area contributed by atoms with Crippen molar-refractivity contribution < 1.29 is 13.2 Å². The summed E-state index contributed by atoms with van der Waals surface area (Å²) in [6.45, 7) is 3.69. The van der Waals surface area contributed by atoms with E-state index in [0.717, 1.165) is 11.0 Å². The molecule has 7 nitrogen and oxygen atoms in total. The maximum atomic E-state index is 11.7. The minimum Gasteiger partial charge on any atom is -0.477 e. The number of anilines is 1. The van der Waals surface area contributed by atoms with Crippen LogP contribution in [-0.4, -0.2) is 30.0 Å². The Bertz CT molecular complexity index is 952. The second kappa shape index (κ2) is 6.71. The molecule has 0 radical (unpaired) electrons. The lowest BCUT2D eigenvalue weighted by Crippen LogP contribution is -2.09. The summed E-state index contributed by atoms with van der Waals surface area (Å²) in [5.74, 6) is 0.318. The van der Waals surface area contributed by atoms with Crippen LogP contribution in [0.4, 0.5) is 5.69 Å². The van der Waals surface area contributed by atoms with Crippen molar-refractivity contribution in [1.29, 1.82) is 0 Å². The number of hydrogen-bond acceptors (Lipinski definition) is 5. The van der Waals surface area contributed by atoms with E-state index in [0.29, 0.717) is 35.6 Å². The number of fused-ring (bicyclic) bond motifs is 1. The quantitative estimate of drug-likeness (QED) is 0.686. The molecular formula is C16H16N4O3S. The second-order valence-electron chi connectivity index (χ2n) is 5.00. The minimum atomic E-state index is -3.63. The first kappa shape index (κ1) is 16.0. The molecule has 3 aromatic rings. The SMILES string of the molecule is C=CS(=O)(=O)Nc1c[nH]c2ncnc(OCCc3ccccc3)c12. The fourth-order valence-corrected chi connectivity index (χ4v) is 2.78. The predicted octanol–water partition coefficient (Wildman–Crippen LogP) is 2.46. The van der Waals surface area contributed by atoms with E-state index < -0.39 is 10.0 Å². The Morgan fingerprint density at radius 3 is 2.79 bits per heavy atom. The van der Waals surface area contributed by atoms with Crippen molar-refractivity contribution in [1.82, 2.24) is 15.0 Å². The van der Waals surface area contributed by atoms with Gasteiger partial charge >= 0.3 is 0 Å². The molecule has 0 unspecified atom stereocenters. The Morgan fingerprint density at radius 2 is 2.04 bits per heavy atom. The number of nitrogens with one attached hydrogen (secondary N) is 2. The molecule has 0 saturated carbocycles. The smallest absolute Gasteiger partial charge is 0.254 e. The summed E-state index contributed by atoms with van der Waals surface area (Å²) >= 11 is 0. The number of aromatic amines is 1. The molecule has 0 aliphatic rings. The number of rotatable bonds is 7. The maximum absolute atomic E-state index is 11.7. The van der Waals surface area contributed by atoms with Gasteiger partial charge in [0.15, 0.2) is 0 Å². The third kappa shape index (κ3) is 3.54. The Hall–Kier alpha value is -2.87. The molecule has 2 heterocycles. The summed E-state index contributed by atoms with van der Waals surface area (Å²) in [5.41, 5.74) is 1.95. The molecule has 3 rings (SSSR count). The van der Waals surface area contributed by atoms with Gasteiger partial charge in [0.25, 0.3) is 10.0 Å². The zero-order chi connectivity index (χ0) is 17.0. The van der Waals surface area contributed by atoms with Crippen LogP contribution in [0.25, 0.3) is 11.0 Å². The summed E-state index contributed by atoms with van der Waals surface area (Å²) < 4.78 is 31.5. The molecule has 2 N–H and O–H groups in total. The van der Waals surface area contributed by atoms with E-state index in [9.17, 15) is 8.42 Å². The van der Waals surface area contributed by atoms with Crippen LogP contribution in [-0.2, 0) is 16.4 Å². The number of sulfonamides is 1. The number of aromatic nitrogens is 3. The van der Waals surface area contributed by atoms with Crippen molar-refractivity contribution >= 4 is 26.7 Å². The standard InChI is InChI=1S/C16H16N4O3S/c1-2-24(21,22)20-13-10-17-15-14(13)16(19-11-18-15)23-9-8-12-6-4-3-5-7-12/h2-7,10-11,20H,1,8-9H2,(H,17,18,19). The topological polar surface area (TPSA) is 97.0 Å². The van der Waals surface area contributed by atoms with Gasteiger partial charge in [-0.25, -0.2) is 18.4 Å². The van der Waals surface area contributed by atoms with E-state index in [1.54, 1.807) is 0 Å². The van der Waals surface area contributed by atoms with Gasteiger partial charge in [-0.1, -0.05) is 36.9 Å². The highest BCUT2D eigenvalue weighted by atomic mass is 32.2. The number of ether oxygens (including phenoxy) is 1. The highest BCUT2D eigenvalue weighted by Gasteiger charge is 2.15. The van der Waals surface area contributed by atoms with Crippen LogP contribution in [0.1, 0.15) is 5.56 Å². The lowest BCUT2D eigenvalue weighted by atomic mass is 10.2. The Kier molecular flexibility index (Phi) is 4.48.